The summed E-state index contributed by atoms with van der Waals surface area (Å²) in [4.78, 5) is 16.3. The van der Waals surface area contributed by atoms with Crippen LogP contribution in [0.25, 0.3) is 0 Å². The van der Waals surface area contributed by atoms with E-state index in [4.69, 9.17) is 0 Å². The zero-order valence-corrected chi connectivity index (χ0v) is 11.7. The van der Waals surface area contributed by atoms with Crippen LogP contribution in [0.15, 0.2) is 35.3 Å². The Morgan fingerprint density at radius 3 is 2.44 bits per heavy atom. The number of amides is 1. The number of nitrogens with one attached hydrogen (secondary N) is 1. The van der Waals surface area contributed by atoms with Gasteiger partial charge in [-0.25, -0.2) is 0 Å². The van der Waals surface area contributed by atoms with E-state index in [0.717, 1.165) is 10.7 Å². The number of carbonyl (C=O) groups is 1. The average Bonchev–Trinajstić information content (AvgIpc) is 2.71. The van der Waals surface area contributed by atoms with E-state index in [9.17, 15) is 4.79 Å². The highest BCUT2D eigenvalue weighted by Gasteiger charge is 2.32. The topological polar surface area (TPSA) is 41.5 Å². The number of benzene rings is 1. The minimum atomic E-state index is -0.00766. The Hall–Kier alpha value is -1.29. The first-order valence-electron chi connectivity index (χ1n) is 6.18. The molecule has 1 unspecified atom stereocenters. The van der Waals surface area contributed by atoms with Crippen molar-refractivity contribution in [2.75, 3.05) is 0 Å². The number of amidine groups is 1. The first-order chi connectivity index (χ1) is 8.58. The van der Waals surface area contributed by atoms with Crippen molar-refractivity contribution < 1.29 is 4.79 Å². The maximum atomic E-state index is 11.7. The molecule has 4 heteroatoms. The fraction of sp³-hybridized carbons (Fsp3) is 0.429. The predicted octanol–water partition coefficient (Wildman–Crippen LogP) is 2.99. The number of aliphatic imine (C=N–C) groups is 1. The Labute approximate surface area is 112 Å². The van der Waals surface area contributed by atoms with Crippen molar-refractivity contribution in [3.05, 3.63) is 35.9 Å². The van der Waals surface area contributed by atoms with Crippen LogP contribution in [0.4, 0.5) is 0 Å². The quantitative estimate of drug-likeness (QED) is 0.910. The van der Waals surface area contributed by atoms with Crippen molar-refractivity contribution >= 4 is 22.8 Å². The highest BCUT2D eigenvalue weighted by Crippen LogP contribution is 2.28. The maximum absolute atomic E-state index is 11.7. The van der Waals surface area contributed by atoms with Crippen molar-refractivity contribution in [3.8, 4) is 0 Å². The molecule has 0 radical (unpaired) electrons. The molecule has 1 fully saturated rings. The first-order valence-corrected chi connectivity index (χ1v) is 7.06. The molecular weight excluding hydrogens is 244 g/mol. The molecular formula is C14H18N2OS. The van der Waals surface area contributed by atoms with Gasteiger partial charge in [0.25, 0.3) is 0 Å². The van der Waals surface area contributed by atoms with Gasteiger partial charge >= 0.3 is 0 Å². The number of rotatable bonds is 3. The van der Waals surface area contributed by atoms with Crippen LogP contribution in [0.3, 0.4) is 0 Å². The third kappa shape index (κ3) is 2.93. The van der Waals surface area contributed by atoms with E-state index < -0.39 is 0 Å². The third-order valence-corrected chi connectivity index (χ3v) is 4.37. The van der Waals surface area contributed by atoms with Gasteiger partial charge in [0.15, 0.2) is 5.17 Å². The van der Waals surface area contributed by atoms with Crippen LogP contribution >= 0.6 is 11.8 Å². The van der Waals surface area contributed by atoms with Crippen LogP contribution in [-0.2, 0) is 4.79 Å². The van der Waals surface area contributed by atoms with Crippen molar-refractivity contribution in [2.45, 2.75) is 32.1 Å². The Bertz CT molecular complexity index is 456. The lowest BCUT2D eigenvalue weighted by molar-refractivity contribution is -0.119. The summed E-state index contributed by atoms with van der Waals surface area (Å²) in [6.07, 6.45) is 0. The monoisotopic (exact) mass is 262 g/mol. The van der Waals surface area contributed by atoms with Crippen LogP contribution in [-0.4, -0.2) is 16.3 Å². The number of thioether (sulfide) groups is 1. The van der Waals surface area contributed by atoms with E-state index in [1.165, 1.54) is 11.8 Å². The molecule has 1 aliphatic heterocycles. The summed E-state index contributed by atoms with van der Waals surface area (Å²) >= 11 is 1.54. The molecule has 0 aromatic heterocycles. The second-order valence-electron chi connectivity index (χ2n) is 4.79. The van der Waals surface area contributed by atoms with E-state index in [1.54, 1.807) is 0 Å². The Morgan fingerprint density at radius 1 is 1.22 bits per heavy atom. The molecule has 1 aliphatic rings. The summed E-state index contributed by atoms with van der Waals surface area (Å²) in [5, 5.41) is 3.60. The molecule has 0 spiro atoms. The Morgan fingerprint density at radius 2 is 1.89 bits per heavy atom. The second kappa shape index (κ2) is 5.57. The molecule has 2 rings (SSSR count). The summed E-state index contributed by atoms with van der Waals surface area (Å²) in [7, 11) is 0. The zero-order valence-electron chi connectivity index (χ0n) is 10.9. The van der Waals surface area contributed by atoms with Gasteiger partial charge in [-0.1, -0.05) is 55.9 Å². The predicted molar refractivity (Wildman–Crippen MR) is 76.7 cm³/mol. The number of carbonyl (C=O) groups excluding carboxylic acids is 1. The number of nitrogens with zero attached hydrogens (tertiary/aromatic N) is 1. The van der Waals surface area contributed by atoms with Crippen LogP contribution in [0.5, 0.6) is 0 Å². The minimum absolute atomic E-state index is 0.00766. The van der Waals surface area contributed by atoms with E-state index in [0.29, 0.717) is 5.92 Å². The zero-order chi connectivity index (χ0) is 13.1. The lowest BCUT2D eigenvalue weighted by atomic mass is 10.1. The van der Waals surface area contributed by atoms with Gasteiger partial charge in [0.1, 0.15) is 0 Å². The largest absolute Gasteiger partial charge is 0.304 e. The molecule has 3 nitrogen and oxygen atoms in total. The fourth-order valence-corrected chi connectivity index (χ4v) is 2.92. The van der Waals surface area contributed by atoms with Crippen molar-refractivity contribution in [2.24, 2.45) is 10.9 Å². The van der Waals surface area contributed by atoms with Crippen LogP contribution in [0.2, 0.25) is 0 Å². The van der Waals surface area contributed by atoms with Gasteiger partial charge in [-0.05, 0) is 18.4 Å². The second-order valence-corrected chi connectivity index (χ2v) is 5.92. The van der Waals surface area contributed by atoms with Gasteiger partial charge in [-0.3, -0.25) is 9.79 Å². The highest BCUT2D eigenvalue weighted by molar-refractivity contribution is 8.15. The summed E-state index contributed by atoms with van der Waals surface area (Å²) in [6.45, 7) is 6.15. The molecule has 1 aromatic rings. The number of hydrogen-bond acceptors (Lipinski definition) is 3. The fourth-order valence-electron chi connectivity index (χ4n) is 1.86. The molecule has 1 N–H and O–H groups in total. The third-order valence-electron chi connectivity index (χ3n) is 2.93. The van der Waals surface area contributed by atoms with Crippen molar-refractivity contribution in [3.63, 3.8) is 0 Å². The lowest BCUT2D eigenvalue weighted by Crippen LogP contribution is -2.27. The SMILES string of the molecule is CC(C)C1SC(=N[C@H](C)c2ccccc2)NC1=O. The summed E-state index contributed by atoms with van der Waals surface area (Å²) in [5.74, 6) is 0.406. The molecule has 0 aliphatic carbocycles. The molecule has 2 atom stereocenters. The van der Waals surface area contributed by atoms with Crippen LogP contribution in [0, 0.1) is 5.92 Å². The van der Waals surface area contributed by atoms with Crippen LogP contribution in [0.1, 0.15) is 32.4 Å². The molecule has 1 heterocycles. The molecule has 1 saturated heterocycles. The van der Waals surface area contributed by atoms with E-state index in [-0.39, 0.29) is 17.2 Å². The van der Waals surface area contributed by atoms with Gasteiger partial charge in [0.2, 0.25) is 5.91 Å². The van der Waals surface area contributed by atoms with Crippen molar-refractivity contribution in [1.29, 1.82) is 0 Å². The van der Waals surface area contributed by atoms with Crippen molar-refractivity contribution in [1.82, 2.24) is 5.32 Å². The lowest BCUT2D eigenvalue weighted by Gasteiger charge is -2.08. The van der Waals surface area contributed by atoms with E-state index in [1.807, 2.05) is 25.1 Å². The van der Waals surface area contributed by atoms with Gasteiger partial charge in [-0.15, -0.1) is 0 Å². The Balaban J connectivity index is 2.09. The standard InChI is InChI=1S/C14H18N2OS/c1-9(2)12-13(17)16-14(18-12)15-10(3)11-7-5-4-6-8-11/h4-10,12H,1-3H3,(H,15,16,17)/t10-,12?/m1/s1. The molecule has 0 bridgehead atoms. The van der Waals surface area contributed by atoms with E-state index in [2.05, 4.69) is 36.3 Å². The normalized spacial score (nSPS) is 23.4. The Kier molecular flexibility index (Phi) is 4.07. The minimum Gasteiger partial charge on any atom is -0.304 e. The van der Waals surface area contributed by atoms with E-state index >= 15 is 0 Å². The summed E-state index contributed by atoms with van der Waals surface area (Å²) in [6, 6.07) is 10.2. The van der Waals surface area contributed by atoms with Gasteiger partial charge in [0, 0.05) is 0 Å². The molecule has 1 amide bonds. The van der Waals surface area contributed by atoms with Gasteiger partial charge in [-0.2, -0.15) is 0 Å². The highest BCUT2D eigenvalue weighted by atomic mass is 32.2. The molecule has 18 heavy (non-hydrogen) atoms. The summed E-state index contributed by atoms with van der Waals surface area (Å²) < 4.78 is 0. The average molecular weight is 262 g/mol. The van der Waals surface area contributed by atoms with Gasteiger partial charge < -0.3 is 5.32 Å². The van der Waals surface area contributed by atoms with Crippen LogP contribution < -0.4 is 5.32 Å². The molecule has 0 saturated carbocycles. The molecule has 1 aromatic carbocycles. The van der Waals surface area contributed by atoms with Gasteiger partial charge in [0.05, 0.1) is 11.3 Å². The number of hydrogen-bond donors (Lipinski definition) is 1. The molecule has 96 valence electrons. The smallest absolute Gasteiger partial charge is 0.239 e. The first kappa shape index (κ1) is 13.1. The summed E-state index contributed by atoms with van der Waals surface area (Å²) in [5.41, 5.74) is 1.16. The maximum Gasteiger partial charge on any atom is 0.239 e.